The highest BCUT2D eigenvalue weighted by molar-refractivity contribution is 9.10. The average Bonchev–Trinajstić information content (AvgIpc) is 3.35. The summed E-state index contributed by atoms with van der Waals surface area (Å²) in [6.07, 6.45) is 7.92. The first-order valence-electron chi connectivity index (χ1n) is 9.03. The number of aromatic nitrogens is 6. The molecule has 1 aliphatic rings. The number of ether oxygens (including phenoxy) is 1. The Balaban J connectivity index is 1.65. The van der Waals surface area contributed by atoms with E-state index < -0.39 is 0 Å². The van der Waals surface area contributed by atoms with Crippen LogP contribution < -0.4 is 0 Å². The van der Waals surface area contributed by atoms with Gasteiger partial charge < -0.3 is 4.74 Å². The molecule has 4 aromatic rings. The van der Waals surface area contributed by atoms with Gasteiger partial charge in [0.2, 0.25) is 0 Å². The topological polar surface area (TPSA) is 70.7 Å². The zero-order valence-electron chi connectivity index (χ0n) is 14.8. The summed E-state index contributed by atoms with van der Waals surface area (Å²) in [5.41, 5.74) is 2.78. The second-order valence-corrected chi connectivity index (χ2v) is 7.51. The lowest BCUT2D eigenvalue weighted by Gasteiger charge is -2.23. The second kappa shape index (κ2) is 7.06. The number of halogens is 2. The molecule has 1 saturated heterocycles. The summed E-state index contributed by atoms with van der Waals surface area (Å²) < 4.78 is 24.0. The maximum absolute atomic E-state index is 14.3. The van der Waals surface area contributed by atoms with Gasteiger partial charge in [0.25, 0.3) is 0 Å². The average molecular weight is 443 g/mol. The van der Waals surface area contributed by atoms with Crippen LogP contribution in [0.2, 0.25) is 0 Å². The molecule has 0 N–H and O–H groups in total. The molecule has 9 heteroatoms. The predicted molar refractivity (Wildman–Crippen MR) is 104 cm³/mol. The third kappa shape index (κ3) is 3.00. The van der Waals surface area contributed by atoms with Gasteiger partial charge in [0.15, 0.2) is 6.23 Å². The van der Waals surface area contributed by atoms with Crippen molar-refractivity contribution >= 4 is 26.8 Å². The Kier molecular flexibility index (Phi) is 4.40. The molecule has 1 aromatic carbocycles. The number of hydrogen-bond donors (Lipinski definition) is 0. The Hall–Kier alpha value is -2.65. The fourth-order valence-corrected chi connectivity index (χ4v) is 3.80. The summed E-state index contributed by atoms with van der Waals surface area (Å²) in [6, 6.07) is 6.91. The molecule has 7 nitrogen and oxygen atoms in total. The highest BCUT2D eigenvalue weighted by Crippen LogP contribution is 2.34. The van der Waals surface area contributed by atoms with Gasteiger partial charge in [-0.2, -0.15) is 5.10 Å². The molecule has 1 atom stereocenters. The second-order valence-electron chi connectivity index (χ2n) is 6.65. The molecule has 5 rings (SSSR count). The number of pyridine rings is 1. The van der Waals surface area contributed by atoms with Crippen LogP contribution in [-0.4, -0.2) is 36.4 Å². The van der Waals surface area contributed by atoms with E-state index in [4.69, 9.17) is 9.84 Å². The smallest absolute Gasteiger partial charge is 0.150 e. The van der Waals surface area contributed by atoms with Crippen molar-refractivity contribution in [2.45, 2.75) is 25.5 Å². The summed E-state index contributed by atoms with van der Waals surface area (Å²) in [5.74, 6) is -0.337. The minimum Gasteiger partial charge on any atom is -0.356 e. The van der Waals surface area contributed by atoms with Crippen molar-refractivity contribution in [3.05, 3.63) is 53.1 Å². The molecular weight excluding hydrogens is 427 g/mol. The van der Waals surface area contributed by atoms with Gasteiger partial charge in [-0.25, -0.2) is 13.8 Å². The maximum Gasteiger partial charge on any atom is 0.150 e. The third-order valence-electron chi connectivity index (χ3n) is 4.84. The molecular formula is C19H16BrFN6O. The van der Waals surface area contributed by atoms with Crippen LogP contribution >= 0.6 is 15.9 Å². The third-order valence-corrected chi connectivity index (χ3v) is 5.45. The van der Waals surface area contributed by atoms with Crippen LogP contribution in [0, 0.1) is 5.82 Å². The molecule has 1 fully saturated rings. The molecule has 142 valence electrons. The van der Waals surface area contributed by atoms with Crippen LogP contribution in [0.4, 0.5) is 4.39 Å². The lowest BCUT2D eigenvalue weighted by molar-refractivity contribution is -0.0365. The van der Waals surface area contributed by atoms with E-state index in [0.29, 0.717) is 28.0 Å². The van der Waals surface area contributed by atoms with Crippen LogP contribution in [0.3, 0.4) is 0 Å². The SMILES string of the molecule is Fc1cc2c(cc1Br)c(-c1cn(-c3ccncc3)nn1)nn2C1CCCCO1. The Morgan fingerprint density at radius 2 is 2.04 bits per heavy atom. The number of benzene rings is 1. The van der Waals surface area contributed by atoms with Crippen molar-refractivity contribution in [3.63, 3.8) is 0 Å². The van der Waals surface area contributed by atoms with E-state index in [-0.39, 0.29) is 12.0 Å². The monoisotopic (exact) mass is 442 g/mol. The van der Waals surface area contributed by atoms with E-state index in [1.807, 2.05) is 12.1 Å². The van der Waals surface area contributed by atoms with Crippen molar-refractivity contribution in [2.75, 3.05) is 6.61 Å². The van der Waals surface area contributed by atoms with Crippen LogP contribution in [0.15, 0.2) is 47.3 Å². The zero-order valence-corrected chi connectivity index (χ0v) is 16.4. The molecule has 0 amide bonds. The molecule has 0 radical (unpaired) electrons. The van der Waals surface area contributed by atoms with Crippen molar-refractivity contribution in [2.24, 2.45) is 0 Å². The fraction of sp³-hybridized carbons (Fsp3) is 0.263. The molecule has 3 aromatic heterocycles. The molecule has 0 saturated carbocycles. The first-order valence-corrected chi connectivity index (χ1v) is 9.82. The van der Waals surface area contributed by atoms with Crippen LogP contribution in [0.25, 0.3) is 28.0 Å². The highest BCUT2D eigenvalue weighted by atomic mass is 79.9. The van der Waals surface area contributed by atoms with E-state index in [1.165, 1.54) is 6.07 Å². The molecule has 1 unspecified atom stereocenters. The number of rotatable bonds is 3. The van der Waals surface area contributed by atoms with Crippen LogP contribution in [0.1, 0.15) is 25.5 Å². The van der Waals surface area contributed by atoms with E-state index in [9.17, 15) is 4.39 Å². The zero-order chi connectivity index (χ0) is 19.1. The van der Waals surface area contributed by atoms with Gasteiger partial charge in [-0.05, 0) is 53.4 Å². The van der Waals surface area contributed by atoms with Gasteiger partial charge >= 0.3 is 0 Å². The summed E-state index contributed by atoms with van der Waals surface area (Å²) >= 11 is 3.28. The quantitative estimate of drug-likeness (QED) is 0.473. The molecule has 0 aliphatic carbocycles. The summed E-state index contributed by atoms with van der Waals surface area (Å²) in [4.78, 5) is 4.02. The lowest BCUT2D eigenvalue weighted by Crippen LogP contribution is -2.19. The van der Waals surface area contributed by atoms with Gasteiger partial charge in [0.05, 0.1) is 21.9 Å². The van der Waals surface area contributed by atoms with Crippen molar-refractivity contribution < 1.29 is 9.13 Å². The molecule has 0 spiro atoms. The summed E-state index contributed by atoms with van der Waals surface area (Å²) in [7, 11) is 0. The minimum absolute atomic E-state index is 0.208. The van der Waals surface area contributed by atoms with E-state index in [0.717, 1.165) is 30.3 Å². The summed E-state index contributed by atoms with van der Waals surface area (Å²) in [6.45, 7) is 0.679. The van der Waals surface area contributed by atoms with E-state index in [2.05, 4.69) is 31.2 Å². The van der Waals surface area contributed by atoms with Crippen molar-refractivity contribution in [3.8, 4) is 17.1 Å². The largest absolute Gasteiger partial charge is 0.356 e. The molecule has 1 aliphatic heterocycles. The number of nitrogens with zero attached hydrogens (tertiary/aromatic N) is 6. The van der Waals surface area contributed by atoms with Gasteiger partial charge in [-0.3, -0.25) is 4.98 Å². The van der Waals surface area contributed by atoms with Crippen molar-refractivity contribution in [1.82, 2.24) is 29.8 Å². The number of fused-ring (bicyclic) bond motifs is 1. The van der Waals surface area contributed by atoms with Gasteiger partial charge in [0.1, 0.15) is 17.2 Å². The van der Waals surface area contributed by atoms with Crippen LogP contribution in [0.5, 0.6) is 0 Å². The summed E-state index contributed by atoms with van der Waals surface area (Å²) in [5, 5.41) is 14.0. The Morgan fingerprint density at radius 3 is 2.82 bits per heavy atom. The molecule has 28 heavy (non-hydrogen) atoms. The Bertz CT molecular complexity index is 1140. The van der Waals surface area contributed by atoms with Crippen LogP contribution in [-0.2, 0) is 4.74 Å². The first-order chi connectivity index (χ1) is 13.7. The van der Waals surface area contributed by atoms with E-state index in [1.54, 1.807) is 34.0 Å². The van der Waals surface area contributed by atoms with Gasteiger partial charge in [0, 0.05) is 30.5 Å². The Morgan fingerprint density at radius 1 is 1.18 bits per heavy atom. The maximum atomic E-state index is 14.3. The van der Waals surface area contributed by atoms with E-state index >= 15 is 0 Å². The molecule has 0 bridgehead atoms. The molecule has 4 heterocycles. The van der Waals surface area contributed by atoms with Gasteiger partial charge in [-0.1, -0.05) is 5.21 Å². The lowest BCUT2D eigenvalue weighted by atomic mass is 10.1. The normalized spacial score (nSPS) is 17.3. The number of hydrogen-bond acceptors (Lipinski definition) is 5. The standard InChI is InChI=1S/C19H16BrFN6O/c20-14-9-13-17(10-15(14)21)27(18-3-1-2-8-28-18)24-19(13)16-11-26(25-23-16)12-4-6-22-7-5-12/h4-7,9-11,18H,1-3,8H2. The van der Waals surface area contributed by atoms with Gasteiger partial charge in [-0.15, -0.1) is 5.10 Å². The fourth-order valence-electron chi connectivity index (χ4n) is 3.45. The predicted octanol–water partition coefficient (Wildman–Crippen LogP) is 4.28. The minimum atomic E-state index is -0.337. The Labute approximate surface area is 168 Å². The van der Waals surface area contributed by atoms with Crippen molar-refractivity contribution in [1.29, 1.82) is 0 Å². The first kappa shape index (κ1) is 17.4. The highest BCUT2D eigenvalue weighted by Gasteiger charge is 2.24.